The molecule has 8 aliphatic rings. The lowest BCUT2D eigenvalue weighted by atomic mass is 9.72. The number of nitrogens with zero attached hydrogens (tertiary/aromatic N) is 16. The van der Waals surface area contributed by atoms with E-state index in [9.17, 15) is 10.2 Å². The summed E-state index contributed by atoms with van der Waals surface area (Å²) in [6, 6.07) is 6.38. The number of aliphatic hydroxyl groups excluding tert-OH is 2. The lowest BCUT2D eigenvalue weighted by Gasteiger charge is -2.37. The molecule has 24 rings (SSSR count). The number of anilines is 4. The molecule has 4 fully saturated rings. The predicted octanol–water partition coefficient (Wildman–Crippen LogP) is 13.7. The zero-order chi connectivity index (χ0) is 89.7. The summed E-state index contributed by atoms with van der Waals surface area (Å²) in [5.41, 5.74) is 39.6. The van der Waals surface area contributed by atoms with Crippen molar-refractivity contribution < 1.29 is 46.7 Å². The second-order valence-corrected chi connectivity index (χ2v) is 35.6. The van der Waals surface area contributed by atoms with Crippen molar-refractivity contribution in [1.29, 1.82) is 0 Å². The molecule has 4 saturated carbocycles. The molecular formula is C92H96F4N28O6. The van der Waals surface area contributed by atoms with Crippen molar-refractivity contribution in [2.75, 3.05) is 49.5 Å². The molecule has 16 aromatic rings. The summed E-state index contributed by atoms with van der Waals surface area (Å²) in [7, 11) is 7.09. The second kappa shape index (κ2) is 33.0. The Morgan fingerprint density at radius 2 is 0.585 bits per heavy atom. The number of benzene rings is 4. The monoisotopic (exact) mass is 1760 g/mol. The van der Waals surface area contributed by atoms with Gasteiger partial charge in [-0.15, -0.1) is 0 Å². The molecule has 18 N–H and O–H groups in total. The molecule has 14 atom stereocenters. The summed E-state index contributed by atoms with van der Waals surface area (Å²) >= 11 is 0. The number of aromatic nitrogens is 20. The molecule has 38 heteroatoms. The number of hydrogen-bond acceptors (Lipinski definition) is 30. The molecule has 34 nitrogen and oxygen atoms in total. The number of hydrogen-bond donors (Lipinski definition) is 14. The lowest BCUT2D eigenvalue weighted by molar-refractivity contribution is 0.0686. The smallest absolute Gasteiger partial charge is 0.324 e. The van der Waals surface area contributed by atoms with Gasteiger partial charge >= 0.3 is 24.0 Å². The van der Waals surface area contributed by atoms with E-state index in [2.05, 4.69) is 101 Å². The molecule has 12 heterocycles. The molecule has 0 amide bonds. The number of rotatable bonds is 12. The predicted molar refractivity (Wildman–Crippen MR) is 481 cm³/mol. The number of fused-ring (bicyclic) bond motifs is 8. The van der Waals surface area contributed by atoms with E-state index < -0.39 is 12.2 Å². The fourth-order valence-corrected chi connectivity index (χ4v) is 21.5. The van der Waals surface area contributed by atoms with Crippen LogP contribution in [0.5, 0.6) is 47.0 Å². The van der Waals surface area contributed by atoms with Crippen LogP contribution in [0.15, 0.2) is 73.8 Å². The number of ether oxygens (including phenoxy) is 4. The third kappa shape index (κ3) is 14.8. The average molecular weight is 1770 g/mol. The Morgan fingerprint density at radius 1 is 0.323 bits per heavy atom. The van der Waals surface area contributed by atoms with Gasteiger partial charge < -0.3 is 93.3 Å². The number of H-pyrrole nitrogens is 4. The molecular weight excluding hydrogens is 1670 g/mol. The second-order valence-electron chi connectivity index (χ2n) is 35.6. The Balaban J connectivity index is 0.000000105. The minimum atomic E-state index is -0.627. The maximum atomic E-state index is 15.3. The van der Waals surface area contributed by atoms with E-state index in [-0.39, 0.29) is 119 Å². The SMILES string of the molecule is CNc1cc(F)c2c3c1[nH]c1nc(Oc4cnc(C)nc4)nc(c13)[C@H]1CC[C@@H](N)C[C@@H]1C2.CNc1cc(F)c2c3c1[nH]c1nc(Oc4cnc(C)nc4)nc(c13)[C@H]1C[C@@H](N)CC[C@@H]1C2.CNc1cc(F)c2c3c1[nH]c1nc(Oc4cnc(C)nc4)nc(c13)[C@H]1C[C@@H](N)[C@@H](O)C[C@@H]1C2.CNc1cc(F)c2c3c1[nH]c1nc(Oc4cnc(C)nc4)nc(c13)[C@H]1C[C@H](N)[C@@H](O)C[C@@H]1C2. The van der Waals surface area contributed by atoms with Crippen molar-refractivity contribution in [3.63, 3.8) is 0 Å². The highest BCUT2D eigenvalue weighted by Crippen LogP contribution is 2.55. The Kier molecular flexibility index (Phi) is 21.2. The van der Waals surface area contributed by atoms with Crippen LogP contribution in [0.4, 0.5) is 40.3 Å². The molecule has 130 heavy (non-hydrogen) atoms. The molecule has 4 aromatic carbocycles. The van der Waals surface area contributed by atoms with Crippen LogP contribution in [0.1, 0.15) is 156 Å². The molecule has 0 aliphatic heterocycles. The van der Waals surface area contributed by atoms with Crippen LogP contribution in [0.3, 0.4) is 0 Å². The van der Waals surface area contributed by atoms with Gasteiger partial charge in [0.15, 0.2) is 23.0 Å². The first-order chi connectivity index (χ1) is 62.9. The minimum absolute atomic E-state index is 0.000932. The van der Waals surface area contributed by atoms with Crippen LogP contribution in [-0.2, 0) is 25.7 Å². The Morgan fingerprint density at radius 3 is 0.885 bits per heavy atom. The third-order valence-electron chi connectivity index (χ3n) is 27.7. The maximum Gasteiger partial charge on any atom is 0.324 e. The first-order valence-electron chi connectivity index (χ1n) is 44.0. The number of aliphatic hydroxyl groups is 2. The van der Waals surface area contributed by atoms with Gasteiger partial charge in [0.2, 0.25) is 0 Å². The molecule has 0 spiro atoms. The van der Waals surface area contributed by atoms with Crippen molar-refractivity contribution in [3.05, 3.63) is 165 Å². The van der Waals surface area contributed by atoms with E-state index in [4.69, 9.17) is 61.8 Å². The van der Waals surface area contributed by atoms with E-state index >= 15 is 17.6 Å². The Labute approximate surface area is 739 Å². The van der Waals surface area contributed by atoms with Crippen molar-refractivity contribution in [2.45, 2.75) is 178 Å². The van der Waals surface area contributed by atoms with Crippen LogP contribution in [0.25, 0.3) is 87.7 Å². The summed E-state index contributed by atoms with van der Waals surface area (Å²) < 4.78 is 84.8. The number of nitrogens with one attached hydrogen (secondary N) is 8. The minimum Gasteiger partial charge on any atom is -0.421 e. The number of aromatic amines is 4. The number of nitrogens with two attached hydrogens (primary N) is 4. The van der Waals surface area contributed by atoms with Gasteiger partial charge in [-0.2, -0.15) is 39.9 Å². The van der Waals surface area contributed by atoms with Crippen LogP contribution in [-0.4, -0.2) is 174 Å². The van der Waals surface area contributed by atoms with Crippen LogP contribution in [0.2, 0.25) is 0 Å². The van der Waals surface area contributed by atoms with Gasteiger partial charge in [-0.05, 0) is 188 Å². The largest absolute Gasteiger partial charge is 0.421 e. The lowest BCUT2D eigenvalue weighted by Crippen LogP contribution is -2.44. The highest BCUT2D eigenvalue weighted by Gasteiger charge is 2.46. The van der Waals surface area contributed by atoms with Crippen molar-refractivity contribution >= 4 is 110 Å². The maximum absolute atomic E-state index is 15.3. The van der Waals surface area contributed by atoms with Gasteiger partial charge in [0.05, 0.1) is 129 Å². The van der Waals surface area contributed by atoms with Crippen LogP contribution >= 0.6 is 0 Å². The van der Waals surface area contributed by atoms with Crippen molar-refractivity contribution in [2.24, 2.45) is 46.6 Å². The summed E-state index contributed by atoms with van der Waals surface area (Å²) in [6.45, 7) is 7.21. The molecule has 8 aliphatic carbocycles. The zero-order valence-electron chi connectivity index (χ0n) is 72.4. The number of halogens is 4. The van der Waals surface area contributed by atoms with E-state index in [1.54, 1.807) is 104 Å². The summed E-state index contributed by atoms with van der Waals surface area (Å²) in [5.74, 6) is 4.06. The summed E-state index contributed by atoms with van der Waals surface area (Å²) in [4.78, 5) is 84.7. The standard InChI is InChI=1S/2C23H24FN7O2.2C23H24FN7O/c2*1-9-27-7-11(8-28-9)33-23-30-20-12-5-15(25)17(32)4-10(12)3-13-14(24)6-16(26-2)21-18(13)19(20)22(29-21)31-23;1-10-27-8-13(9-28-10)32-23-30-20-14-4-3-12(25)5-11(14)6-15-16(24)7-17(26-2)21-18(15)19(20)22(29-21)31-23;1-10-27-8-13(9-28-10)32-23-30-20-14-6-12(25)4-3-11(14)5-15-16(24)7-17(26-2)21-18(15)19(20)22(29-21)31-23/h2*6-8,10,12,15,17,26,32H,3-5,25H2,1-2H3,(H,29,30,31);2*7-9,11-12,14,26H,3-6,25H2,1-2H3,(H,29,30,31)/t10-,12-,15+,17-;10-,12-,15-,17-;11-,12-,14+;11-,12+,14+/m0011/s1. The summed E-state index contributed by atoms with van der Waals surface area (Å²) in [6.07, 6.45) is 21.2. The number of aryl methyl sites for hydroxylation is 4. The van der Waals surface area contributed by atoms with E-state index in [0.717, 1.165) is 138 Å². The molecule has 0 unspecified atom stereocenters. The van der Waals surface area contributed by atoms with Gasteiger partial charge in [0.25, 0.3) is 0 Å². The van der Waals surface area contributed by atoms with Gasteiger partial charge in [0, 0.05) is 119 Å². The van der Waals surface area contributed by atoms with Gasteiger partial charge in [-0.3, -0.25) is 0 Å². The Hall–Kier alpha value is -13.4. The van der Waals surface area contributed by atoms with E-state index in [1.807, 2.05) is 13.8 Å². The van der Waals surface area contributed by atoms with E-state index in [0.29, 0.717) is 154 Å². The molecule has 0 saturated heterocycles. The van der Waals surface area contributed by atoms with Crippen LogP contribution in [0, 0.1) is 74.6 Å². The fraction of sp³-hybridized carbons (Fsp3) is 0.391. The first kappa shape index (κ1) is 83.5. The van der Waals surface area contributed by atoms with Crippen LogP contribution < -0.4 is 63.1 Å². The van der Waals surface area contributed by atoms with Gasteiger partial charge in [0.1, 0.15) is 69.2 Å². The molecule has 0 bridgehead atoms. The highest BCUT2D eigenvalue weighted by atomic mass is 19.1. The van der Waals surface area contributed by atoms with E-state index in [1.165, 1.54) is 12.1 Å². The third-order valence-corrected chi connectivity index (χ3v) is 27.7. The Bertz CT molecular complexity index is 6950. The molecule has 0 radical (unpaired) electrons. The summed E-state index contributed by atoms with van der Waals surface area (Å²) in [5, 5.41) is 40.0. The molecule has 668 valence electrons. The van der Waals surface area contributed by atoms with Gasteiger partial charge in [-0.1, -0.05) is 0 Å². The van der Waals surface area contributed by atoms with Crippen molar-refractivity contribution in [3.8, 4) is 47.0 Å². The topological polar surface area (TPSA) is 499 Å². The highest BCUT2D eigenvalue weighted by molar-refractivity contribution is 6.17. The van der Waals surface area contributed by atoms with Gasteiger partial charge in [-0.25, -0.2) is 57.4 Å². The molecule has 12 aromatic heterocycles. The van der Waals surface area contributed by atoms with Crippen molar-refractivity contribution in [1.82, 2.24) is 99.7 Å². The zero-order valence-corrected chi connectivity index (χ0v) is 72.4. The normalized spacial score (nSPS) is 23.2. The average Bonchev–Trinajstić information content (AvgIpc) is 1.58. The fourth-order valence-electron chi connectivity index (χ4n) is 21.5. The quantitative estimate of drug-likeness (QED) is 0.0505. The first-order valence-corrected chi connectivity index (χ1v) is 44.0.